The normalized spacial score (nSPS) is 15.0. The van der Waals surface area contributed by atoms with Crippen molar-refractivity contribution < 1.29 is 21.9 Å². The molecule has 0 saturated carbocycles. The van der Waals surface area contributed by atoms with E-state index in [4.69, 9.17) is 0 Å². The van der Waals surface area contributed by atoms with Crippen molar-refractivity contribution in [2.45, 2.75) is 36.6 Å². The Morgan fingerprint density at radius 2 is 1.97 bits per heavy atom. The number of hydrogen-bond donors (Lipinski definition) is 2. The third-order valence-electron chi connectivity index (χ3n) is 5.16. The van der Waals surface area contributed by atoms with Gasteiger partial charge in [-0.25, -0.2) is 13.1 Å². The summed E-state index contributed by atoms with van der Waals surface area (Å²) in [5.74, 6) is -0.580. The molecule has 0 aliphatic carbocycles. The number of nitrogens with one attached hydrogen (secondary N) is 1. The van der Waals surface area contributed by atoms with E-state index in [1.54, 1.807) is 17.5 Å². The molecule has 0 amide bonds. The number of rotatable bonds is 6. The molecule has 1 aliphatic rings. The first-order chi connectivity index (χ1) is 15.9. The summed E-state index contributed by atoms with van der Waals surface area (Å²) in [5, 5.41) is 19.9. The maximum atomic E-state index is 13.3. The summed E-state index contributed by atoms with van der Waals surface area (Å²) in [6.07, 6.45) is 1.60. The highest BCUT2D eigenvalue weighted by Crippen LogP contribution is 2.35. The van der Waals surface area contributed by atoms with Crippen molar-refractivity contribution >= 4 is 42.7 Å². The zero-order valence-electron chi connectivity index (χ0n) is 18.5. The number of aromatic nitrogens is 2. The van der Waals surface area contributed by atoms with Crippen molar-refractivity contribution in [2.75, 3.05) is 11.6 Å². The summed E-state index contributed by atoms with van der Waals surface area (Å²) in [4.78, 5) is 13.3. The first-order valence-corrected chi connectivity index (χ1v) is 14.4. The molecule has 2 aromatic heterocycles. The van der Waals surface area contributed by atoms with Gasteiger partial charge in [-0.05, 0) is 42.0 Å². The van der Waals surface area contributed by atoms with Gasteiger partial charge in [0.15, 0.2) is 21.4 Å². The number of sulfone groups is 1. The van der Waals surface area contributed by atoms with Crippen LogP contribution in [0.5, 0.6) is 5.75 Å². The molecule has 180 valence electrons. The van der Waals surface area contributed by atoms with Crippen LogP contribution in [0.1, 0.15) is 25.8 Å². The van der Waals surface area contributed by atoms with E-state index in [-0.39, 0.29) is 45.0 Å². The summed E-state index contributed by atoms with van der Waals surface area (Å²) < 4.78 is 54.5. The molecule has 0 fully saturated rings. The zero-order chi connectivity index (χ0) is 24.8. The minimum absolute atomic E-state index is 0.0411. The van der Waals surface area contributed by atoms with E-state index in [1.807, 2.05) is 13.8 Å². The second-order valence-corrected chi connectivity index (χ2v) is 12.8. The molecule has 3 aromatic rings. The number of anilines is 1. The second-order valence-electron chi connectivity index (χ2n) is 8.23. The van der Waals surface area contributed by atoms with Crippen LogP contribution < -0.4 is 10.9 Å². The number of nitrogens with zero attached hydrogens (tertiary/aromatic N) is 3. The van der Waals surface area contributed by atoms with Crippen LogP contribution in [-0.2, 0) is 26.4 Å². The number of sulfonamides is 1. The van der Waals surface area contributed by atoms with Crippen molar-refractivity contribution in [3.63, 3.8) is 0 Å². The van der Waals surface area contributed by atoms with E-state index in [2.05, 4.69) is 14.8 Å². The largest absolute Gasteiger partial charge is 0.505 e. The molecular formula is C21H22N4O6S3. The molecule has 1 aromatic carbocycles. The molecule has 4 rings (SSSR count). The van der Waals surface area contributed by atoms with E-state index >= 15 is 0 Å². The van der Waals surface area contributed by atoms with Crippen LogP contribution in [0.4, 0.5) is 5.69 Å². The van der Waals surface area contributed by atoms with Crippen LogP contribution in [0.25, 0.3) is 10.6 Å². The number of hydrogen-bond acceptors (Lipinski definition) is 9. The summed E-state index contributed by atoms with van der Waals surface area (Å²) in [5.41, 5.74) is -0.854. The van der Waals surface area contributed by atoms with Gasteiger partial charge in [-0.3, -0.25) is 4.79 Å². The van der Waals surface area contributed by atoms with Gasteiger partial charge in [0, 0.05) is 12.8 Å². The van der Waals surface area contributed by atoms with Crippen LogP contribution in [0.3, 0.4) is 0 Å². The summed E-state index contributed by atoms with van der Waals surface area (Å²) in [7, 11) is -8.03. The maximum Gasteiger partial charge on any atom is 0.286 e. The third-order valence-corrected chi connectivity index (χ3v) is 8.47. The molecular weight excluding hydrogens is 500 g/mol. The van der Waals surface area contributed by atoms with Crippen LogP contribution in [0.2, 0.25) is 0 Å². The average Bonchev–Trinajstić information content (AvgIpc) is 3.26. The predicted octanol–water partition coefficient (Wildman–Crippen LogP) is 2.69. The molecule has 0 saturated heterocycles. The maximum absolute atomic E-state index is 13.3. The van der Waals surface area contributed by atoms with Crippen molar-refractivity contribution in [3.8, 4) is 16.3 Å². The Balaban J connectivity index is 1.92. The average molecular weight is 523 g/mol. The van der Waals surface area contributed by atoms with Crippen molar-refractivity contribution in [1.29, 1.82) is 0 Å². The Hall–Kier alpha value is -3.03. The summed E-state index contributed by atoms with van der Waals surface area (Å²) in [6.45, 7) is 4.25. The fraction of sp³-hybridized carbons (Fsp3) is 0.286. The standard InChI is InChI=1S/C21H22N4O6S3/c1-12(2)8-9-25-21(27)17(19(26)18(23-25)15-5-4-10-32-15)20-22-14-7-6-13(33(3,28)29)11-16(14)34(30,31)24-20/h4-7,10-12,26H,8-9H2,1-3H3,(H,22,24). The lowest BCUT2D eigenvalue weighted by Crippen LogP contribution is -2.34. The van der Waals surface area contributed by atoms with E-state index in [1.165, 1.54) is 28.2 Å². The Morgan fingerprint density at radius 1 is 1.24 bits per heavy atom. The molecule has 10 nitrogen and oxygen atoms in total. The molecule has 0 unspecified atom stereocenters. The Morgan fingerprint density at radius 3 is 2.59 bits per heavy atom. The fourth-order valence-corrected chi connectivity index (χ4v) is 5.95. The lowest BCUT2D eigenvalue weighted by molar-refractivity contribution is 0.444. The molecule has 2 N–H and O–H groups in total. The molecule has 13 heteroatoms. The minimum Gasteiger partial charge on any atom is -0.505 e. The van der Waals surface area contributed by atoms with Gasteiger partial charge in [-0.1, -0.05) is 19.9 Å². The first-order valence-electron chi connectivity index (χ1n) is 10.2. The highest BCUT2D eigenvalue weighted by atomic mass is 32.2. The molecule has 0 bridgehead atoms. The summed E-state index contributed by atoms with van der Waals surface area (Å²) >= 11 is 1.30. The van der Waals surface area contributed by atoms with Gasteiger partial charge in [-0.15, -0.1) is 15.7 Å². The lowest BCUT2D eigenvalue weighted by atomic mass is 10.1. The van der Waals surface area contributed by atoms with E-state index in [9.17, 15) is 26.7 Å². The highest BCUT2D eigenvalue weighted by molar-refractivity contribution is 7.91. The van der Waals surface area contributed by atoms with Gasteiger partial charge < -0.3 is 10.4 Å². The van der Waals surface area contributed by atoms with Crippen molar-refractivity contribution in [1.82, 2.24) is 9.78 Å². The van der Waals surface area contributed by atoms with Crippen LogP contribution in [0, 0.1) is 5.92 Å². The monoisotopic (exact) mass is 522 g/mol. The zero-order valence-corrected chi connectivity index (χ0v) is 21.0. The van der Waals surface area contributed by atoms with E-state index < -0.39 is 31.2 Å². The van der Waals surface area contributed by atoms with Crippen molar-refractivity contribution in [3.05, 3.63) is 51.6 Å². The number of benzene rings is 1. The van der Waals surface area contributed by atoms with Gasteiger partial charge in [0.05, 0.1) is 15.5 Å². The van der Waals surface area contributed by atoms with E-state index in [0.29, 0.717) is 11.3 Å². The quantitative estimate of drug-likeness (QED) is 0.502. The molecule has 1 aliphatic heterocycles. The number of aromatic hydroxyl groups is 1. The smallest absolute Gasteiger partial charge is 0.286 e. The van der Waals surface area contributed by atoms with Gasteiger partial charge in [0.2, 0.25) is 0 Å². The summed E-state index contributed by atoms with van der Waals surface area (Å²) in [6, 6.07) is 7.04. The predicted molar refractivity (Wildman–Crippen MR) is 130 cm³/mol. The fourth-order valence-electron chi connectivity index (χ4n) is 3.36. The third kappa shape index (κ3) is 4.50. The van der Waals surface area contributed by atoms with E-state index in [0.717, 1.165) is 12.3 Å². The van der Waals surface area contributed by atoms with Crippen LogP contribution in [0.15, 0.2) is 54.7 Å². The second kappa shape index (κ2) is 8.64. The number of aryl methyl sites for hydroxylation is 1. The van der Waals surface area contributed by atoms with Crippen LogP contribution in [-0.4, -0.2) is 43.8 Å². The van der Waals surface area contributed by atoms with Crippen LogP contribution >= 0.6 is 11.3 Å². The van der Waals surface area contributed by atoms with Gasteiger partial charge in [0.25, 0.3) is 15.6 Å². The minimum atomic E-state index is -4.38. The van der Waals surface area contributed by atoms with Gasteiger partial charge in [-0.2, -0.15) is 13.5 Å². The molecule has 0 atom stereocenters. The first kappa shape index (κ1) is 24.1. The Labute approximate surface area is 200 Å². The Bertz CT molecular complexity index is 1570. The SMILES string of the molecule is CC(C)CCn1nc(-c2cccs2)c(O)c(C2=NS(=O)(=O)c3cc(S(C)(=O)=O)ccc3N2)c1=O. The Kier molecular flexibility index (Phi) is 6.12. The lowest BCUT2D eigenvalue weighted by Gasteiger charge is -2.20. The molecule has 34 heavy (non-hydrogen) atoms. The van der Waals surface area contributed by atoms with Crippen molar-refractivity contribution in [2.24, 2.45) is 10.3 Å². The highest BCUT2D eigenvalue weighted by Gasteiger charge is 2.31. The molecule has 0 spiro atoms. The molecule has 0 radical (unpaired) electrons. The van der Waals surface area contributed by atoms with Gasteiger partial charge in [0.1, 0.15) is 16.2 Å². The number of fused-ring (bicyclic) bond motifs is 1. The topological polar surface area (TPSA) is 148 Å². The number of amidine groups is 1. The number of thiophene rings is 1. The molecule has 3 heterocycles. The van der Waals surface area contributed by atoms with Gasteiger partial charge >= 0.3 is 0 Å².